The second-order valence-electron chi connectivity index (χ2n) is 4.78. The van der Waals surface area contributed by atoms with Gasteiger partial charge in [0.2, 0.25) is 0 Å². The van der Waals surface area contributed by atoms with Gasteiger partial charge in [0, 0.05) is 18.8 Å². The molecule has 0 amide bonds. The minimum absolute atomic E-state index is 0.469. The van der Waals surface area contributed by atoms with Gasteiger partial charge in [-0.15, -0.1) is 0 Å². The zero-order valence-corrected chi connectivity index (χ0v) is 10.6. The zero-order valence-electron chi connectivity index (χ0n) is 10.6. The molecule has 2 N–H and O–H groups in total. The first-order valence-electron chi connectivity index (χ1n) is 5.54. The van der Waals surface area contributed by atoms with E-state index in [9.17, 15) is 5.11 Å². The number of anilines is 1. The molecular formula is C13H19N3O. The lowest BCUT2D eigenvalue weighted by atomic mass is 10.1. The van der Waals surface area contributed by atoms with Crippen molar-refractivity contribution in [3.05, 3.63) is 29.8 Å². The van der Waals surface area contributed by atoms with Crippen molar-refractivity contribution in [2.24, 2.45) is 0 Å². The number of benzene rings is 1. The molecule has 1 unspecified atom stereocenters. The number of likely N-dealkylation sites (N-methyl/N-ethyl adjacent to an activating group) is 1. The first-order valence-corrected chi connectivity index (χ1v) is 5.54. The largest absolute Gasteiger partial charge is 0.387 e. The highest BCUT2D eigenvalue weighted by atomic mass is 16.3. The van der Waals surface area contributed by atoms with Crippen LogP contribution >= 0.6 is 0 Å². The molecule has 17 heavy (non-hydrogen) atoms. The molecule has 0 radical (unpaired) electrons. The first-order chi connectivity index (χ1) is 7.93. The second kappa shape index (κ2) is 5.67. The monoisotopic (exact) mass is 233 g/mol. The highest BCUT2D eigenvalue weighted by Crippen LogP contribution is 2.11. The Morgan fingerprint density at radius 3 is 2.41 bits per heavy atom. The third kappa shape index (κ3) is 4.85. The molecule has 0 heterocycles. The van der Waals surface area contributed by atoms with Crippen molar-refractivity contribution >= 4 is 5.69 Å². The summed E-state index contributed by atoms with van der Waals surface area (Å²) in [6.07, 6.45) is 0. The average Bonchev–Trinajstić information content (AvgIpc) is 2.25. The van der Waals surface area contributed by atoms with Gasteiger partial charge in [-0.05, 0) is 45.3 Å². The smallest absolute Gasteiger partial charge is 0.0991 e. The molecule has 0 aromatic heterocycles. The van der Waals surface area contributed by atoms with E-state index in [0.29, 0.717) is 18.7 Å². The maximum absolute atomic E-state index is 10.1. The van der Waals surface area contributed by atoms with E-state index in [1.807, 2.05) is 31.1 Å². The van der Waals surface area contributed by atoms with Crippen LogP contribution in [0.1, 0.15) is 12.5 Å². The lowest BCUT2D eigenvalue weighted by molar-refractivity contribution is 0.0460. The number of nitrogens with one attached hydrogen (secondary N) is 1. The third-order valence-corrected chi connectivity index (χ3v) is 2.34. The molecule has 1 aromatic carbocycles. The van der Waals surface area contributed by atoms with Crippen LogP contribution in [0.4, 0.5) is 5.69 Å². The number of rotatable bonds is 5. The normalized spacial score (nSPS) is 14.1. The molecule has 4 nitrogen and oxygen atoms in total. The summed E-state index contributed by atoms with van der Waals surface area (Å²) in [4.78, 5) is 1.94. The van der Waals surface area contributed by atoms with E-state index < -0.39 is 5.60 Å². The van der Waals surface area contributed by atoms with Crippen LogP contribution in [-0.4, -0.2) is 42.8 Å². The van der Waals surface area contributed by atoms with Crippen LogP contribution in [-0.2, 0) is 0 Å². The first kappa shape index (κ1) is 13.5. The van der Waals surface area contributed by atoms with Crippen LogP contribution in [0.3, 0.4) is 0 Å². The standard InChI is InChI=1S/C13H19N3O/c1-13(17,10-16(2)3)9-15-12-6-4-11(8-14)5-7-12/h4-7,15,17H,9-10H2,1-3H3. The minimum atomic E-state index is -0.780. The molecule has 0 spiro atoms. The van der Waals surface area contributed by atoms with Gasteiger partial charge in [0.05, 0.1) is 17.2 Å². The molecule has 1 rings (SSSR count). The Kier molecular flexibility index (Phi) is 4.50. The topological polar surface area (TPSA) is 59.3 Å². The lowest BCUT2D eigenvalue weighted by Crippen LogP contribution is -2.43. The fourth-order valence-electron chi connectivity index (χ4n) is 1.69. The molecule has 0 fully saturated rings. The summed E-state index contributed by atoms with van der Waals surface area (Å²) in [5, 5.41) is 21.9. The molecule has 0 aliphatic carbocycles. The molecule has 0 saturated carbocycles. The molecule has 0 aliphatic rings. The van der Waals surface area contributed by atoms with Gasteiger partial charge in [-0.3, -0.25) is 0 Å². The van der Waals surface area contributed by atoms with Crippen molar-refractivity contribution < 1.29 is 5.11 Å². The van der Waals surface area contributed by atoms with Crippen molar-refractivity contribution in [3.63, 3.8) is 0 Å². The summed E-state index contributed by atoms with van der Waals surface area (Å²) in [5.41, 5.74) is 0.760. The highest BCUT2D eigenvalue weighted by Gasteiger charge is 2.20. The Balaban J connectivity index is 2.52. The molecule has 1 aromatic rings. The number of aliphatic hydroxyl groups is 1. The van der Waals surface area contributed by atoms with Gasteiger partial charge in [-0.25, -0.2) is 0 Å². The molecule has 4 heteroatoms. The van der Waals surface area contributed by atoms with Gasteiger partial charge in [0.25, 0.3) is 0 Å². The fraction of sp³-hybridized carbons (Fsp3) is 0.462. The van der Waals surface area contributed by atoms with Crippen LogP contribution in [0, 0.1) is 11.3 Å². The van der Waals surface area contributed by atoms with Crippen LogP contribution in [0.15, 0.2) is 24.3 Å². The summed E-state index contributed by atoms with van der Waals surface area (Å²) in [6, 6.07) is 9.25. The Morgan fingerprint density at radius 1 is 1.35 bits per heavy atom. The van der Waals surface area contributed by atoms with Crippen LogP contribution in [0.25, 0.3) is 0 Å². The van der Waals surface area contributed by atoms with E-state index in [2.05, 4.69) is 11.4 Å². The van der Waals surface area contributed by atoms with Gasteiger partial charge in [0.1, 0.15) is 0 Å². The van der Waals surface area contributed by atoms with E-state index in [0.717, 1.165) is 5.69 Å². The van der Waals surface area contributed by atoms with E-state index in [1.165, 1.54) is 0 Å². The van der Waals surface area contributed by atoms with Crippen molar-refractivity contribution in [2.45, 2.75) is 12.5 Å². The van der Waals surface area contributed by atoms with Crippen LogP contribution in [0.2, 0.25) is 0 Å². The molecule has 0 bridgehead atoms. The number of nitrogens with zero attached hydrogens (tertiary/aromatic N) is 2. The number of nitriles is 1. The Morgan fingerprint density at radius 2 is 1.94 bits per heavy atom. The summed E-state index contributed by atoms with van der Waals surface area (Å²) >= 11 is 0. The predicted molar refractivity (Wildman–Crippen MR) is 68.8 cm³/mol. The molecule has 0 saturated heterocycles. The number of hydrogen-bond donors (Lipinski definition) is 2. The second-order valence-corrected chi connectivity index (χ2v) is 4.78. The van der Waals surface area contributed by atoms with E-state index in [-0.39, 0.29) is 0 Å². The molecular weight excluding hydrogens is 214 g/mol. The molecule has 0 aliphatic heterocycles. The quantitative estimate of drug-likeness (QED) is 0.804. The maximum atomic E-state index is 10.1. The summed E-state index contributed by atoms with van der Waals surface area (Å²) in [5.74, 6) is 0. The number of hydrogen-bond acceptors (Lipinski definition) is 4. The summed E-state index contributed by atoms with van der Waals surface area (Å²) in [7, 11) is 3.85. The van der Waals surface area contributed by atoms with Crippen molar-refractivity contribution in [1.82, 2.24) is 4.90 Å². The third-order valence-electron chi connectivity index (χ3n) is 2.34. The summed E-state index contributed by atoms with van der Waals surface area (Å²) < 4.78 is 0. The Bertz CT molecular complexity index is 390. The average molecular weight is 233 g/mol. The maximum Gasteiger partial charge on any atom is 0.0991 e. The highest BCUT2D eigenvalue weighted by molar-refractivity contribution is 5.47. The Hall–Kier alpha value is -1.57. The zero-order chi connectivity index (χ0) is 12.9. The van der Waals surface area contributed by atoms with E-state index in [4.69, 9.17) is 5.26 Å². The Labute approximate surface area is 102 Å². The van der Waals surface area contributed by atoms with Gasteiger partial charge in [-0.1, -0.05) is 0 Å². The van der Waals surface area contributed by atoms with Gasteiger partial charge >= 0.3 is 0 Å². The van der Waals surface area contributed by atoms with E-state index >= 15 is 0 Å². The van der Waals surface area contributed by atoms with Gasteiger partial charge < -0.3 is 15.3 Å². The lowest BCUT2D eigenvalue weighted by Gasteiger charge is -2.27. The minimum Gasteiger partial charge on any atom is -0.387 e. The van der Waals surface area contributed by atoms with Crippen LogP contribution in [0.5, 0.6) is 0 Å². The molecule has 1 atom stereocenters. The fourth-order valence-corrected chi connectivity index (χ4v) is 1.69. The van der Waals surface area contributed by atoms with E-state index in [1.54, 1.807) is 19.1 Å². The van der Waals surface area contributed by atoms with Crippen LogP contribution < -0.4 is 5.32 Å². The predicted octanol–water partition coefficient (Wildman–Crippen LogP) is 1.28. The molecule has 92 valence electrons. The SMILES string of the molecule is CN(C)CC(C)(O)CNc1ccc(C#N)cc1. The van der Waals surface area contributed by atoms with Gasteiger partial charge in [-0.2, -0.15) is 5.26 Å². The van der Waals surface area contributed by atoms with Crippen molar-refractivity contribution in [1.29, 1.82) is 5.26 Å². The van der Waals surface area contributed by atoms with Crippen molar-refractivity contribution in [2.75, 3.05) is 32.5 Å². The summed E-state index contributed by atoms with van der Waals surface area (Å²) in [6.45, 7) is 2.86. The van der Waals surface area contributed by atoms with Gasteiger partial charge in [0.15, 0.2) is 0 Å². The van der Waals surface area contributed by atoms with Crippen molar-refractivity contribution in [3.8, 4) is 6.07 Å².